The van der Waals surface area contributed by atoms with E-state index in [-0.39, 0.29) is 0 Å². The van der Waals surface area contributed by atoms with E-state index in [4.69, 9.17) is 4.99 Å². The van der Waals surface area contributed by atoms with Crippen LogP contribution < -0.4 is 5.32 Å². The van der Waals surface area contributed by atoms with Crippen molar-refractivity contribution < 1.29 is 0 Å². The molecule has 0 aromatic rings. The molecule has 3 fully saturated rings. The Kier molecular flexibility index (Phi) is 4.92. The quantitative estimate of drug-likeness (QED) is 0.808. The van der Waals surface area contributed by atoms with Gasteiger partial charge in [0.05, 0.1) is 0 Å². The minimum atomic E-state index is 0.385. The highest BCUT2D eigenvalue weighted by atomic mass is 32.2. The highest BCUT2D eigenvalue weighted by Crippen LogP contribution is 2.38. The summed E-state index contributed by atoms with van der Waals surface area (Å²) in [6, 6.07) is 0. The molecular weight excluding hydrogens is 266 g/mol. The molecule has 4 heteroatoms. The van der Waals surface area contributed by atoms with Gasteiger partial charge in [-0.25, -0.2) is 0 Å². The van der Waals surface area contributed by atoms with Gasteiger partial charge in [0.25, 0.3) is 0 Å². The van der Waals surface area contributed by atoms with Gasteiger partial charge in [-0.1, -0.05) is 31.5 Å². The summed E-state index contributed by atoms with van der Waals surface area (Å²) in [5, 5.41) is 4.99. The number of amidine groups is 1. The lowest BCUT2D eigenvalue weighted by Crippen LogP contribution is -2.47. The van der Waals surface area contributed by atoms with E-state index in [0.717, 1.165) is 12.5 Å². The average Bonchev–Trinajstić information content (AvgIpc) is 3.05. The monoisotopic (exact) mass is 295 g/mol. The summed E-state index contributed by atoms with van der Waals surface area (Å²) < 4.78 is 0. The molecule has 2 atom stereocenters. The SMILES string of the molecule is CC1CCCC2(CSC(=NCCCN3CCCC3)N2)C1. The third-order valence-corrected chi connectivity index (χ3v) is 6.24. The van der Waals surface area contributed by atoms with Crippen molar-refractivity contribution >= 4 is 16.9 Å². The van der Waals surface area contributed by atoms with Gasteiger partial charge in [0.1, 0.15) is 0 Å². The highest BCUT2D eigenvalue weighted by molar-refractivity contribution is 8.14. The number of nitrogens with one attached hydrogen (secondary N) is 1. The second kappa shape index (κ2) is 6.69. The lowest BCUT2D eigenvalue weighted by atomic mass is 9.78. The van der Waals surface area contributed by atoms with Crippen molar-refractivity contribution in [1.29, 1.82) is 0 Å². The van der Waals surface area contributed by atoms with Crippen molar-refractivity contribution in [2.24, 2.45) is 10.9 Å². The molecule has 0 amide bonds. The van der Waals surface area contributed by atoms with Crippen molar-refractivity contribution in [2.75, 3.05) is 31.9 Å². The number of hydrogen-bond donors (Lipinski definition) is 1. The molecule has 0 radical (unpaired) electrons. The van der Waals surface area contributed by atoms with E-state index < -0.39 is 0 Å². The van der Waals surface area contributed by atoms with Crippen LogP contribution in [0.5, 0.6) is 0 Å². The molecule has 3 rings (SSSR count). The van der Waals surface area contributed by atoms with Crippen molar-refractivity contribution in [3.8, 4) is 0 Å². The lowest BCUT2D eigenvalue weighted by Gasteiger charge is -2.36. The van der Waals surface area contributed by atoms with Crippen LogP contribution in [0.4, 0.5) is 0 Å². The van der Waals surface area contributed by atoms with Crippen LogP contribution in [0.15, 0.2) is 4.99 Å². The predicted octanol–water partition coefficient (Wildman–Crippen LogP) is 3.11. The molecule has 3 aliphatic rings. The van der Waals surface area contributed by atoms with Crippen LogP contribution in [0.2, 0.25) is 0 Å². The molecule has 2 saturated heterocycles. The van der Waals surface area contributed by atoms with Crippen LogP contribution in [-0.2, 0) is 0 Å². The number of thioether (sulfide) groups is 1. The van der Waals surface area contributed by atoms with Gasteiger partial charge < -0.3 is 10.2 Å². The minimum absolute atomic E-state index is 0.385. The fraction of sp³-hybridized carbons (Fsp3) is 0.938. The van der Waals surface area contributed by atoms with E-state index in [1.165, 1.54) is 75.5 Å². The Bertz CT molecular complexity index is 352. The Labute approximate surface area is 128 Å². The molecule has 0 aromatic carbocycles. The van der Waals surface area contributed by atoms with Crippen LogP contribution in [0, 0.1) is 5.92 Å². The minimum Gasteiger partial charge on any atom is -0.359 e. The third-order valence-electron chi connectivity index (χ3n) is 5.04. The Balaban J connectivity index is 1.41. The van der Waals surface area contributed by atoms with Crippen LogP contribution in [0.3, 0.4) is 0 Å². The zero-order chi connectivity index (χ0) is 13.8. The second-order valence-electron chi connectivity index (χ2n) is 6.98. The maximum absolute atomic E-state index is 4.80. The summed E-state index contributed by atoms with van der Waals surface area (Å²) in [5.41, 5.74) is 0.385. The Morgan fingerprint density at radius 1 is 1.35 bits per heavy atom. The van der Waals surface area contributed by atoms with Crippen LogP contribution in [-0.4, -0.2) is 47.5 Å². The molecule has 2 unspecified atom stereocenters. The molecule has 1 spiro atoms. The highest BCUT2D eigenvalue weighted by Gasteiger charge is 2.40. The molecule has 20 heavy (non-hydrogen) atoms. The maximum atomic E-state index is 4.80. The largest absolute Gasteiger partial charge is 0.359 e. The summed E-state index contributed by atoms with van der Waals surface area (Å²) in [5.74, 6) is 2.12. The van der Waals surface area contributed by atoms with Gasteiger partial charge in [-0.3, -0.25) is 4.99 Å². The molecule has 1 saturated carbocycles. The van der Waals surface area contributed by atoms with Crippen molar-refractivity contribution in [2.45, 2.75) is 57.4 Å². The molecule has 1 N–H and O–H groups in total. The normalized spacial score (nSPS) is 36.9. The molecule has 2 heterocycles. The summed E-state index contributed by atoms with van der Waals surface area (Å²) in [6.45, 7) is 7.26. The number of rotatable bonds is 4. The first-order chi connectivity index (χ1) is 9.76. The van der Waals surface area contributed by atoms with Gasteiger partial charge in [-0.05, 0) is 57.7 Å². The van der Waals surface area contributed by atoms with Crippen LogP contribution in [0.25, 0.3) is 0 Å². The van der Waals surface area contributed by atoms with E-state index in [2.05, 4.69) is 17.1 Å². The Morgan fingerprint density at radius 3 is 3.00 bits per heavy atom. The third kappa shape index (κ3) is 3.70. The first-order valence-corrected chi connectivity index (χ1v) is 9.42. The summed E-state index contributed by atoms with van der Waals surface area (Å²) in [4.78, 5) is 7.38. The van der Waals surface area contributed by atoms with Gasteiger partial charge in [0, 0.05) is 17.8 Å². The van der Waals surface area contributed by atoms with Crippen molar-refractivity contribution in [3.05, 3.63) is 0 Å². The number of likely N-dealkylation sites (tertiary alicyclic amines) is 1. The van der Waals surface area contributed by atoms with Crippen molar-refractivity contribution in [1.82, 2.24) is 10.2 Å². The Hall–Kier alpha value is -0.220. The fourth-order valence-electron chi connectivity index (χ4n) is 3.98. The molecule has 2 aliphatic heterocycles. The topological polar surface area (TPSA) is 27.6 Å². The van der Waals surface area contributed by atoms with Gasteiger partial charge >= 0.3 is 0 Å². The summed E-state index contributed by atoms with van der Waals surface area (Å²) in [6.07, 6.45) is 9.49. The summed E-state index contributed by atoms with van der Waals surface area (Å²) >= 11 is 1.96. The van der Waals surface area contributed by atoms with Gasteiger partial charge in [-0.15, -0.1) is 0 Å². The summed E-state index contributed by atoms with van der Waals surface area (Å²) in [7, 11) is 0. The smallest absolute Gasteiger partial charge is 0.157 e. The number of hydrogen-bond acceptors (Lipinski definition) is 3. The molecule has 1 aliphatic carbocycles. The predicted molar refractivity (Wildman–Crippen MR) is 88.5 cm³/mol. The fourth-order valence-corrected chi connectivity index (χ4v) is 5.20. The Morgan fingerprint density at radius 2 is 2.20 bits per heavy atom. The van der Waals surface area contributed by atoms with Gasteiger partial charge in [0.2, 0.25) is 0 Å². The van der Waals surface area contributed by atoms with E-state index in [1.54, 1.807) is 0 Å². The molecule has 0 aromatic heterocycles. The zero-order valence-electron chi connectivity index (χ0n) is 12.9. The molecule has 0 bridgehead atoms. The van der Waals surface area contributed by atoms with E-state index in [9.17, 15) is 0 Å². The van der Waals surface area contributed by atoms with Crippen LogP contribution in [0.1, 0.15) is 51.9 Å². The molecule has 3 nitrogen and oxygen atoms in total. The van der Waals surface area contributed by atoms with Crippen molar-refractivity contribution in [3.63, 3.8) is 0 Å². The maximum Gasteiger partial charge on any atom is 0.157 e. The van der Waals surface area contributed by atoms with Crippen LogP contribution >= 0.6 is 11.8 Å². The van der Waals surface area contributed by atoms with E-state index >= 15 is 0 Å². The van der Waals surface area contributed by atoms with E-state index in [1.807, 2.05) is 11.8 Å². The molecular formula is C16H29N3S. The number of nitrogens with zero attached hydrogens (tertiary/aromatic N) is 2. The first-order valence-electron chi connectivity index (χ1n) is 8.44. The zero-order valence-corrected chi connectivity index (χ0v) is 13.7. The lowest BCUT2D eigenvalue weighted by molar-refractivity contribution is 0.242. The first kappa shape index (κ1) is 14.7. The molecule has 114 valence electrons. The van der Waals surface area contributed by atoms with E-state index in [0.29, 0.717) is 5.54 Å². The van der Waals surface area contributed by atoms with Gasteiger partial charge in [-0.2, -0.15) is 0 Å². The average molecular weight is 295 g/mol. The number of aliphatic imine (C=N–C) groups is 1. The van der Waals surface area contributed by atoms with Gasteiger partial charge in [0.15, 0.2) is 5.17 Å². The second-order valence-corrected chi connectivity index (χ2v) is 7.95. The standard InChI is InChI=1S/C16H29N3S/c1-14-6-4-7-16(12-14)13-20-15(18-16)17-8-5-11-19-9-2-3-10-19/h14H,2-13H2,1H3,(H,17,18).